The fourth-order valence-electron chi connectivity index (χ4n) is 0.378. The standard InChI is InChI=1S/C3H4ClN5O/c4-1-2(10)5-3-6-8-9-7-3/h1H2,(H2,5,6,7,8,9,10). The van der Waals surface area contributed by atoms with Crippen molar-refractivity contribution in [1.82, 2.24) is 20.6 Å². The van der Waals surface area contributed by atoms with Crippen molar-refractivity contribution in [2.45, 2.75) is 0 Å². The van der Waals surface area contributed by atoms with Crippen LogP contribution in [-0.4, -0.2) is 32.4 Å². The van der Waals surface area contributed by atoms with Gasteiger partial charge in [-0.25, -0.2) is 5.10 Å². The summed E-state index contributed by atoms with van der Waals surface area (Å²) < 4.78 is 0. The predicted molar refractivity (Wildman–Crippen MR) is 33.5 cm³/mol. The quantitative estimate of drug-likeness (QED) is 0.566. The number of amides is 1. The zero-order chi connectivity index (χ0) is 7.40. The van der Waals surface area contributed by atoms with Gasteiger partial charge in [-0.15, -0.1) is 11.6 Å². The third-order valence-corrected chi connectivity index (χ3v) is 0.967. The summed E-state index contributed by atoms with van der Waals surface area (Å²) in [7, 11) is 0. The van der Waals surface area contributed by atoms with E-state index in [2.05, 4.69) is 25.9 Å². The van der Waals surface area contributed by atoms with E-state index in [-0.39, 0.29) is 17.7 Å². The number of carbonyl (C=O) groups excluding carboxylic acids is 1. The number of halogens is 1. The van der Waals surface area contributed by atoms with Crippen LogP contribution in [0.15, 0.2) is 0 Å². The molecule has 0 radical (unpaired) electrons. The van der Waals surface area contributed by atoms with Gasteiger partial charge in [0.2, 0.25) is 11.9 Å². The highest BCUT2D eigenvalue weighted by Gasteiger charge is 2.00. The molecule has 10 heavy (non-hydrogen) atoms. The molecule has 2 N–H and O–H groups in total. The molecule has 0 bridgehead atoms. The first kappa shape index (κ1) is 6.94. The number of anilines is 1. The molecular formula is C3H4ClN5O. The zero-order valence-corrected chi connectivity index (χ0v) is 5.59. The van der Waals surface area contributed by atoms with Gasteiger partial charge < -0.3 is 0 Å². The van der Waals surface area contributed by atoms with Crippen LogP contribution in [0.4, 0.5) is 5.95 Å². The van der Waals surface area contributed by atoms with E-state index in [1.807, 2.05) is 0 Å². The van der Waals surface area contributed by atoms with Crippen LogP contribution in [0.5, 0.6) is 0 Å². The number of aromatic nitrogens is 4. The number of tetrazole rings is 1. The monoisotopic (exact) mass is 161 g/mol. The van der Waals surface area contributed by atoms with Crippen molar-refractivity contribution < 1.29 is 4.79 Å². The summed E-state index contributed by atoms with van der Waals surface area (Å²) in [6, 6.07) is 0. The summed E-state index contributed by atoms with van der Waals surface area (Å²) in [4.78, 5) is 10.5. The van der Waals surface area contributed by atoms with Crippen molar-refractivity contribution in [3.8, 4) is 0 Å². The third kappa shape index (κ3) is 1.66. The van der Waals surface area contributed by atoms with E-state index in [4.69, 9.17) is 11.6 Å². The molecule has 0 unspecified atom stereocenters. The predicted octanol–water partition coefficient (Wildman–Crippen LogP) is -0.623. The van der Waals surface area contributed by atoms with Crippen molar-refractivity contribution in [3.05, 3.63) is 0 Å². The van der Waals surface area contributed by atoms with Crippen molar-refractivity contribution in [2.24, 2.45) is 0 Å². The Morgan fingerprint density at radius 2 is 2.60 bits per heavy atom. The van der Waals surface area contributed by atoms with Crippen LogP contribution in [0.25, 0.3) is 0 Å². The van der Waals surface area contributed by atoms with Crippen molar-refractivity contribution in [1.29, 1.82) is 0 Å². The number of nitrogens with zero attached hydrogens (tertiary/aromatic N) is 3. The van der Waals surface area contributed by atoms with Crippen molar-refractivity contribution >= 4 is 23.5 Å². The lowest BCUT2D eigenvalue weighted by Gasteiger charge is -1.92. The Bertz CT molecular complexity index is 209. The third-order valence-electron chi connectivity index (χ3n) is 0.725. The molecule has 7 heteroatoms. The summed E-state index contributed by atoms with van der Waals surface area (Å²) in [6.45, 7) is 0. The molecule has 0 aliphatic heterocycles. The highest BCUT2D eigenvalue weighted by molar-refractivity contribution is 6.28. The number of H-pyrrole nitrogens is 1. The molecule has 0 saturated heterocycles. The van der Waals surface area contributed by atoms with Crippen LogP contribution in [0.1, 0.15) is 0 Å². The summed E-state index contributed by atoms with van der Waals surface area (Å²) in [6.07, 6.45) is 0. The molecule has 0 aliphatic carbocycles. The number of nitrogens with one attached hydrogen (secondary N) is 2. The van der Waals surface area contributed by atoms with Gasteiger partial charge >= 0.3 is 0 Å². The van der Waals surface area contributed by atoms with Gasteiger partial charge in [-0.3, -0.25) is 10.1 Å². The average Bonchev–Trinajstić information content (AvgIpc) is 2.40. The Balaban J connectivity index is 2.48. The topological polar surface area (TPSA) is 83.6 Å². The Kier molecular flexibility index (Phi) is 2.16. The van der Waals surface area contributed by atoms with Crippen LogP contribution in [0.2, 0.25) is 0 Å². The fourth-order valence-corrected chi connectivity index (χ4v) is 0.444. The summed E-state index contributed by atoms with van der Waals surface area (Å²) in [5.74, 6) is -0.258. The van der Waals surface area contributed by atoms with Crippen molar-refractivity contribution in [3.63, 3.8) is 0 Å². The molecule has 6 nitrogen and oxygen atoms in total. The second-order valence-electron chi connectivity index (χ2n) is 1.43. The van der Waals surface area contributed by atoms with Gasteiger partial charge in [-0.2, -0.15) is 0 Å². The first-order valence-corrected chi connectivity index (χ1v) is 2.96. The molecule has 0 saturated carbocycles. The molecule has 0 spiro atoms. The largest absolute Gasteiger partial charge is 0.293 e. The number of hydrogen-bond acceptors (Lipinski definition) is 4. The molecule has 1 rings (SSSR count). The SMILES string of the molecule is O=C(CCl)Nc1nnn[nH]1. The number of alkyl halides is 1. The molecule has 1 aromatic heterocycles. The molecule has 0 aromatic carbocycles. The Hall–Kier alpha value is -1.17. The molecule has 54 valence electrons. The molecule has 0 fully saturated rings. The van der Waals surface area contributed by atoms with Crippen molar-refractivity contribution in [2.75, 3.05) is 11.2 Å². The van der Waals surface area contributed by atoms with E-state index in [9.17, 15) is 4.79 Å². The maximum Gasteiger partial charge on any atom is 0.246 e. The van der Waals surface area contributed by atoms with Crippen LogP contribution in [-0.2, 0) is 4.79 Å². The summed E-state index contributed by atoms with van der Waals surface area (Å²) in [5, 5.41) is 14.5. The van der Waals surface area contributed by atoms with E-state index in [1.165, 1.54) is 0 Å². The number of carbonyl (C=O) groups is 1. The fraction of sp³-hybridized carbons (Fsp3) is 0.333. The smallest absolute Gasteiger partial charge is 0.246 e. The highest BCUT2D eigenvalue weighted by atomic mass is 35.5. The summed E-state index contributed by atoms with van der Waals surface area (Å²) in [5.41, 5.74) is 0. The van der Waals surface area contributed by atoms with Crippen LogP contribution < -0.4 is 5.32 Å². The number of rotatable bonds is 2. The number of aromatic amines is 1. The van der Waals surface area contributed by atoms with Crippen LogP contribution in [0.3, 0.4) is 0 Å². The van der Waals surface area contributed by atoms with Gasteiger partial charge in [0.15, 0.2) is 0 Å². The maximum atomic E-state index is 10.5. The van der Waals surface area contributed by atoms with E-state index >= 15 is 0 Å². The lowest BCUT2D eigenvalue weighted by atomic mass is 10.7. The first-order valence-electron chi connectivity index (χ1n) is 2.42. The Morgan fingerprint density at radius 3 is 3.10 bits per heavy atom. The molecule has 1 heterocycles. The molecule has 1 aromatic rings. The molecule has 1 amide bonds. The van der Waals surface area contributed by atoms with E-state index < -0.39 is 0 Å². The Morgan fingerprint density at radius 1 is 1.80 bits per heavy atom. The van der Waals surface area contributed by atoms with Crippen LogP contribution in [0, 0.1) is 0 Å². The van der Waals surface area contributed by atoms with Gasteiger partial charge in [0, 0.05) is 0 Å². The minimum Gasteiger partial charge on any atom is -0.293 e. The number of hydrogen-bond donors (Lipinski definition) is 2. The highest BCUT2D eigenvalue weighted by Crippen LogP contribution is 1.89. The normalized spacial score (nSPS) is 9.30. The van der Waals surface area contributed by atoms with Crippen LogP contribution >= 0.6 is 11.6 Å². The minimum atomic E-state index is -0.347. The lowest BCUT2D eigenvalue weighted by Crippen LogP contribution is -2.13. The molecule has 0 aliphatic rings. The van der Waals surface area contributed by atoms with Gasteiger partial charge in [0.25, 0.3) is 0 Å². The zero-order valence-electron chi connectivity index (χ0n) is 4.83. The van der Waals surface area contributed by atoms with E-state index in [0.717, 1.165) is 0 Å². The lowest BCUT2D eigenvalue weighted by molar-refractivity contribution is -0.114. The first-order chi connectivity index (χ1) is 4.83. The Labute approximate surface area is 60.9 Å². The maximum absolute atomic E-state index is 10.5. The summed E-state index contributed by atoms with van der Waals surface area (Å²) >= 11 is 5.17. The molecular weight excluding hydrogens is 158 g/mol. The minimum absolute atomic E-state index is 0.110. The second kappa shape index (κ2) is 3.11. The van der Waals surface area contributed by atoms with Gasteiger partial charge in [0.1, 0.15) is 5.88 Å². The van der Waals surface area contributed by atoms with Gasteiger partial charge in [-0.1, -0.05) is 5.10 Å². The second-order valence-corrected chi connectivity index (χ2v) is 1.70. The average molecular weight is 162 g/mol. The van der Waals surface area contributed by atoms with Gasteiger partial charge in [0.05, 0.1) is 0 Å². The molecule has 0 atom stereocenters. The van der Waals surface area contributed by atoms with Gasteiger partial charge in [-0.05, 0) is 10.4 Å². The van der Waals surface area contributed by atoms with E-state index in [1.54, 1.807) is 0 Å². The van der Waals surface area contributed by atoms with E-state index in [0.29, 0.717) is 0 Å².